The van der Waals surface area contributed by atoms with Crippen LogP contribution in [-0.4, -0.2) is 15.8 Å². The van der Waals surface area contributed by atoms with Gasteiger partial charge in [0, 0.05) is 17.6 Å². The van der Waals surface area contributed by atoms with E-state index in [1.807, 2.05) is 31.2 Å². The highest BCUT2D eigenvalue weighted by Gasteiger charge is 2.11. The Morgan fingerprint density at radius 3 is 2.58 bits per heavy atom. The predicted molar refractivity (Wildman–Crippen MR) is 79.7 cm³/mol. The average Bonchev–Trinajstić information content (AvgIpc) is 2.45. The number of nitrogens with zero attached hydrogens (tertiary/aromatic N) is 2. The highest BCUT2D eigenvalue weighted by Crippen LogP contribution is 2.20. The molecule has 3 nitrogen and oxygen atoms in total. The molecule has 1 heterocycles. The van der Waals surface area contributed by atoms with Crippen molar-refractivity contribution in [3.05, 3.63) is 53.5 Å². The maximum Gasteiger partial charge on any atom is 0.130 e. The van der Waals surface area contributed by atoms with Crippen molar-refractivity contribution < 1.29 is 0 Å². The lowest BCUT2D eigenvalue weighted by Crippen LogP contribution is -2.14. The van der Waals surface area contributed by atoms with Crippen LogP contribution in [0.3, 0.4) is 0 Å². The van der Waals surface area contributed by atoms with Gasteiger partial charge in [0.15, 0.2) is 0 Å². The van der Waals surface area contributed by atoms with Gasteiger partial charge in [-0.2, -0.15) is 0 Å². The van der Waals surface area contributed by atoms with Crippen molar-refractivity contribution >= 4 is 17.4 Å². The number of benzene rings is 1. The highest BCUT2D eigenvalue weighted by atomic mass is 35.5. The zero-order chi connectivity index (χ0) is 13.7. The summed E-state index contributed by atoms with van der Waals surface area (Å²) >= 11 is 6.06. The normalized spacial score (nSPS) is 12.2. The quantitative estimate of drug-likeness (QED) is 0.845. The van der Waals surface area contributed by atoms with Crippen LogP contribution in [0.4, 0.5) is 5.82 Å². The molecule has 1 N–H and O–H groups in total. The van der Waals surface area contributed by atoms with Crippen molar-refractivity contribution in [2.75, 3.05) is 11.2 Å². The molecule has 0 saturated carbocycles. The first kappa shape index (κ1) is 13.8. The van der Waals surface area contributed by atoms with Gasteiger partial charge in [-0.1, -0.05) is 37.3 Å². The van der Waals surface area contributed by atoms with Gasteiger partial charge >= 0.3 is 0 Å². The summed E-state index contributed by atoms with van der Waals surface area (Å²) in [5.74, 6) is 2.11. The molecule has 0 bridgehead atoms. The Morgan fingerprint density at radius 1 is 1.21 bits per heavy atom. The van der Waals surface area contributed by atoms with Crippen LogP contribution in [0.15, 0.2) is 36.4 Å². The van der Waals surface area contributed by atoms with Gasteiger partial charge in [-0.15, -0.1) is 11.6 Å². The van der Waals surface area contributed by atoms with E-state index >= 15 is 0 Å². The molecule has 1 atom stereocenters. The number of aryl methyl sites for hydroxylation is 2. The molecule has 1 unspecified atom stereocenters. The summed E-state index contributed by atoms with van der Waals surface area (Å²) in [5.41, 5.74) is 2.20. The van der Waals surface area contributed by atoms with E-state index in [-0.39, 0.29) is 6.04 Å². The van der Waals surface area contributed by atoms with E-state index in [1.165, 1.54) is 0 Å². The van der Waals surface area contributed by atoms with Crippen molar-refractivity contribution in [2.45, 2.75) is 26.3 Å². The van der Waals surface area contributed by atoms with Crippen molar-refractivity contribution in [2.24, 2.45) is 0 Å². The standard InChI is InChI=1S/C15H18ClN3/c1-3-13-9-15(18-11(2)17-13)19-14(10-16)12-7-5-4-6-8-12/h4-9,14H,3,10H2,1-2H3,(H,17,18,19). The third-order valence-corrected chi connectivity index (χ3v) is 3.24. The highest BCUT2D eigenvalue weighted by molar-refractivity contribution is 6.18. The molecule has 0 aliphatic heterocycles. The fourth-order valence-electron chi connectivity index (χ4n) is 1.96. The fourth-order valence-corrected chi connectivity index (χ4v) is 2.21. The SMILES string of the molecule is CCc1cc(NC(CCl)c2ccccc2)nc(C)n1. The summed E-state index contributed by atoms with van der Waals surface area (Å²) in [6.45, 7) is 3.99. The molecule has 0 saturated heterocycles. The van der Waals surface area contributed by atoms with Crippen LogP contribution < -0.4 is 5.32 Å². The Hall–Kier alpha value is -1.61. The van der Waals surface area contributed by atoms with Crippen LogP contribution in [-0.2, 0) is 6.42 Å². The molecule has 2 rings (SSSR count). The Kier molecular flexibility index (Phi) is 4.74. The lowest BCUT2D eigenvalue weighted by Gasteiger charge is -2.17. The van der Waals surface area contributed by atoms with Gasteiger partial charge in [0.1, 0.15) is 11.6 Å². The van der Waals surface area contributed by atoms with E-state index in [1.54, 1.807) is 0 Å². The third-order valence-electron chi connectivity index (χ3n) is 2.93. The summed E-state index contributed by atoms with van der Waals surface area (Å²) in [6, 6.07) is 12.2. The van der Waals surface area contributed by atoms with Crippen LogP contribution in [0.1, 0.15) is 30.0 Å². The Bertz CT molecular complexity index is 528. The van der Waals surface area contributed by atoms with E-state index in [4.69, 9.17) is 11.6 Å². The Balaban J connectivity index is 2.21. The van der Waals surface area contributed by atoms with Gasteiger partial charge in [0.2, 0.25) is 0 Å². The first-order valence-corrected chi connectivity index (χ1v) is 6.98. The molecule has 0 fully saturated rings. The second kappa shape index (κ2) is 6.53. The number of anilines is 1. The molecule has 2 aromatic rings. The maximum absolute atomic E-state index is 6.06. The van der Waals surface area contributed by atoms with E-state index in [0.29, 0.717) is 5.88 Å². The van der Waals surface area contributed by atoms with Crippen LogP contribution in [0, 0.1) is 6.92 Å². The molecule has 100 valence electrons. The van der Waals surface area contributed by atoms with Gasteiger partial charge in [-0.25, -0.2) is 9.97 Å². The number of hydrogen-bond acceptors (Lipinski definition) is 3. The van der Waals surface area contributed by atoms with E-state index in [0.717, 1.165) is 29.3 Å². The molecule has 0 amide bonds. The maximum atomic E-state index is 6.06. The van der Waals surface area contributed by atoms with Crippen LogP contribution >= 0.6 is 11.6 Å². The first-order valence-electron chi connectivity index (χ1n) is 6.45. The van der Waals surface area contributed by atoms with Crippen LogP contribution in [0.2, 0.25) is 0 Å². The van der Waals surface area contributed by atoms with Crippen molar-refractivity contribution in [1.82, 2.24) is 9.97 Å². The lowest BCUT2D eigenvalue weighted by molar-refractivity contribution is 0.865. The van der Waals surface area contributed by atoms with E-state index < -0.39 is 0 Å². The number of alkyl halides is 1. The minimum absolute atomic E-state index is 0.0573. The number of halogens is 1. The van der Waals surface area contributed by atoms with Gasteiger partial charge in [-0.05, 0) is 18.9 Å². The largest absolute Gasteiger partial charge is 0.362 e. The molecule has 0 aliphatic carbocycles. The fraction of sp³-hybridized carbons (Fsp3) is 0.333. The molecule has 0 radical (unpaired) electrons. The number of hydrogen-bond donors (Lipinski definition) is 1. The van der Waals surface area contributed by atoms with Gasteiger partial charge < -0.3 is 5.32 Å². The zero-order valence-corrected chi connectivity index (χ0v) is 12.0. The Labute approximate surface area is 119 Å². The molecular weight excluding hydrogens is 258 g/mol. The van der Waals surface area contributed by atoms with Gasteiger partial charge in [-0.3, -0.25) is 0 Å². The minimum Gasteiger partial charge on any atom is -0.362 e. The molecule has 4 heteroatoms. The van der Waals surface area contributed by atoms with Crippen LogP contribution in [0.25, 0.3) is 0 Å². The topological polar surface area (TPSA) is 37.8 Å². The Morgan fingerprint density at radius 2 is 1.95 bits per heavy atom. The van der Waals surface area contributed by atoms with Gasteiger partial charge in [0.25, 0.3) is 0 Å². The smallest absolute Gasteiger partial charge is 0.130 e. The molecule has 1 aromatic carbocycles. The second-order valence-electron chi connectivity index (χ2n) is 4.41. The molecular formula is C15H18ClN3. The average molecular weight is 276 g/mol. The van der Waals surface area contributed by atoms with Gasteiger partial charge in [0.05, 0.1) is 6.04 Å². The summed E-state index contributed by atoms with van der Waals surface area (Å²) < 4.78 is 0. The summed E-state index contributed by atoms with van der Waals surface area (Å²) in [7, 11) is 0. The lowest BCUT2D eigenvalue weighted by atomic mass is 10.1. The van der Waals surface area contributed by atoms with Crippen LogP contribution in [0.5, 0.6) is 0 Å². The molecule has 19 heavy (non-hydrogen) atoms. The molecule has 0 aliphatic rings. The summed E-state index contributed by atoms with van der Waals surface area (Å²) in [6.07, 6.45) is 0.898. The molecule has 0 spiro atoms. The first-order chi connectivity index (χ1) is 9.22. The summed E-state index contributed by atoms with van der Waals surface area (Å²) in [4.78, 5) is 8.79. The third kappa shape index (κ3) is 3.67. The van der Waals surface area contributed by atoms with E-state index in [9.17, 15) is 0 Å². The number of aromatic nitrogens is 2. The minimum atomic E-state index is 0.0573. The molecule has 1 aromatic heterocycles. The number of rotatable bonds is 5. The number of nitrogens with one attached hydrogen (secondary N) is 1. The predicted octanol–water partition coefficient (Wildman–Crippen LogP) is 3.74. The van der Waals surface area contributed by atoms with Crippen molar-refractivity contribution in [3.63, 3.8) is 0 Å². The summed E-state index contributed by atoms with van der Waals surface area (Å²) in [5, 5.41) is 3.38. The zero-order valence-electron chi connectivity index (χ0n) is 11.2. The van der Waals surface area contributed by atoms with Crippen molar-refractivity contribution in [1.29, 1.82) is 0 Å². The monoisotopic (exact) mass is 275 g/mol. The second-order valence-corrected chi connectivity index (χ2v) is 4.72. The van der Waals surface area contributed by atoms with Crippen molar-refractivity contribution in [3.8, 4) is 0 Å². The van der Waals surface area contributed by atoms with E-state index in [2.05, 4.69) is 34.3 Å².